The molecule has 0 saturated heterocycles. The van der Waals surface area contributed by atoms with Crippen LogP contribution in [0.15, 0.2) is 0 Å². The first-order valence-corrected chi connectivity index (χ1v) is 1.52. The van der Waals surface area contributed by atoms with E-state index in [-0.39, 0.29) is 6.61 Å². The van der Waals surface area contributed by atoms with Crippen LogP contribution in [0.3, 0.4) is 0 Å². The van der Waals surface area contributed by atoms with E-state index in [0.29, 0.717) is 0 Å². The summed E-state index contributed by atoms with van der Waals surface area (Å²) in [6.07, 6.45) is 0. The number of rotatable bonds is 2. The van der Waals surface area contributed by atoms with Crippen LogP contribution in [-0.2, 0) is 14.5 Å². The largest absolute Gasteiger partial charge is 0.372 e. The van der Waals surface area contributed by atoms with Crippen LogP contribution in [-0.4, -0.2) is 12.6 Å². The normalized spacial score (nSPS) is 8.29. The van der Waals surface area contributed by atoms with Gasteiger partial charge >= 0.3 is 5.97 Å². The molecule has 0 aliphatic heterocycles. The van der Waals surface area contributed by atoms with Crippen molar-refractivity contribution in [3.05, 3.63) is 0 Å². The van der Waals surface area contributed by atoms with Crippen molar-refractivity contribution in [2.45, 2.75) is 0 Å². The van der Waals surface area contributed by atoms with E-state index in [1.165, 1.54) is 0 Å². The average molecular weight is 106 g/mol. The van der Waals surface area contributed by atoms with Gasteiger partial charge in [-0.05, 0) is 0 Å². The number of hydrogen-bond acceptors (Lipinski definition) is 5. The van der Waals surface area contributed by atoms with E-state index in [9.17, 15) is 4.79 Å². The van der Waals surface area contributed by atoms with Gasteiger partial charge in [0.25, 0.3) is 0 Å². The van der Waals surface area contributed by atoms with E-state index in [0.717, 1.165) is 0 Å². The fraction of sp³-hybridized carbons (Fsp3) is 0.500. The third-order valence-electron chi connectivity index (χ3n) is 0.333. The molecule has 0 spiro atoms. The lowest BCUT2D eigenvalue weighted by Gasteiger charge is -1.90. The molecular formula is C2H6N2O3. The van der Waals surface area contributed by atoms with Gasteiger partial charge in [-0.3, -0.25) is 4.84 Å². The summed E-state index contributed by atoms with van der Waals surface area (Å²) in [5.74, 6) is 8.13. The highest BCUT2D eigenvalue weighted by Gasteiger charge is 1.95. The van der Waals surface area contributed by atoms with E-state index in [4.69, 9.17) is 0 Å². The third-order valence-corrected chi connectivity index (χ3v) is 0.333. The highest BCUT2D eigenvalue weighted by atomic mass is 16.7. The van der Waals surface area contributed by atoms with Crippen LogP contribution in [0.1, 0.15) is 0 Å². The SMILES string of the molecule is NOCC(=O)ON. The smallest absolute Gasteiger partial charge is 0.352 e. The summed E-state index contributed by atoms with van der Waals surface area (Å²) in [6.45, 7) is -0.309. The second-order valence-corrected chi connectivity index (χ2v) is 0.801. The second kappa shape index (κ2) is 3.54. The summed E-state index contributed by atoms with van der Waals surface area (Å²) in [6, 6.07) is 0. The molecule has 0 saturated carbocycles. The lowest BCUT2D eigenvalue weighted by atomic mass is 10.8. The Balaban J connectivity index is 3.00. The van der Waals surface area contributed by atoms with Crippen molar-refractivity contribution in [3.8, 4) is 0 Å². The molecule has 7 heavy (non-hydrogen) atoms. The first kappa shape index (κ1) is 6.35. The van der Waals surface area contributed by atoms with Gasteiger partial charge in [0.05, 0.1) is 0 Å². The van der Waals surface area contributed by atoms with Crippen molar-refractivity contribution in [3.63, 3.8) is 0 Å². The first-order chi connectivity index (χ1) is 3.31. The Kier molecular flexibility index (Phi) is 3.21. The minimum Gasteiger partial charge on any atom is -0.372 e. The molecule has 0 radical (unpaired) electrons. The minimum atomic E-state index is -0.692. The molecule has 5 heteroatoms. The third kappa shape index (κ3) is 3.17. The summed E-state index contributed by atoms with van der Waals surface area (Å²) in [7, 11) is 0. The molecule has 0 bridgehead atoms. The van der Waals surface area contributed by atoms with Gasteiger partial charge in [-0.2, -0.15) is 5.90 Å². The predicted molar refractivity (Wildman–Crippen MR) is 20.4 cm³/mol. The molecule has 0 aromatic carbocycles. The molecule has 0 fully saturated rings. The van der Waals surface area contributed by atoms with Crippen molar-refractivity contribution < 1.29 is 14.5 Å². The highest BCUT2D eigenvalue weighted by Crippen LogP contribution is 1.65. The van der Waals surface area contributed by atoms with Gasteiger partial charge in [-0.15, -0.1) is 0 Å². The summed E-state index contributed by atoms with van der Waals surface area (Å²) in [5.41, 5.74) is 0. The van der Waals surface area contributed by atoms with Crippen molar-refractivity contribution in [1.82, 2.24) is 0 Å². The monoisotopic (exact) mass is 106 g/mol. The van der Waals surface area contributed by atoms with Crippen molar-refractivity contribution in [2.75, 3.05) is 6.61 Å². The van der Waals surface area contributed by atoms with Gasteiger partial charge in [0.1, 0.15) is 0 Å². The molecule has 0 aromatic heterocycles. The zero-order valence-electron chi connectivity index (χ0n) is 3.59. The maximum atomic E-state index is 9.86. The molecule has 0 rings (SSSR count). The highest BCUT2D eigenvalue weighted by molar-refractivity contribution is 5.70. The van der Waals surface area contributed by atoms with Gasteiger partial charge in [0.2, 0.25) is 0 Å². The van der Waals surface area contributed by atoms with Crippen LogP contribution in [0.5, 0.6) is 0 Å². The standard InChI is InChI=1S/C2H6N2O3/c3-6-1-2(5)7-4/h1,3-4H2. The van der Waals surface area contributed by atoms with Gasteiger partial charge < -0.3 is 4.84 Å². The topological polar surface area (TPSA) is 87.6 Å². The maximum Gasteiger partial charge on any atom is 0.352 e. The Bertz CT molecular complexity index is 64.0. The summed E-state index contributed by atoms with van der Waals surface area (Å²) in [4.78, 5) is 17.3. The first-order valence-electron chi connectivity index (χ1n) is 1.52. The predicted octanol–water partition coefficient (Wildman–Crippen LogP) is -1.71. The number of carbonyl (C=O) groups is 1. The van der Waals surface area contributed by atoms with Crippen LogP contribution in [0.2, 0.25) is 0 Å². The molecule has 5 nitrogen and oxygen atoms in total. The average Bonchev–Trinajstić information content (AvgIpc) is 1.68. The molecule has 0 aromatic rings. The quantitative estimate of drug-likeness (QED) is 0.409. The fourth-order valence-electron chi connectivity index (χ4n) is 0.102. The Morgan fingerprint density at radius 1 is 1.57 bits per heavy atom. The molecule has 0 atom stereocenters. The molecule has 0 heterocycles. The lowest BCUT2D eigenvalue weighted by Crippen LogP contribution is -2.18. The molecule has 0 aliphatic carbocycles. The van der Waals surface area contributed by atoms with Crippen LogP contribution in [0.4, 0.5) is 0 Å². The van der Waals surface area contributed by atoms with Gasteiger partial charge in [0, 0.05) is 0 Å². The zero-order valence-corrected chi connectivity index (χ0v) is 3.59. The second-order valence-electron chi connectivity index (χ2n) is 0.801. The minimum absolute atomic E-state index is 0.309. The van der Waals surface area contributed by atoms with Gasteiger partial charge in [-0.25, -0.2) is 10.7 Å². The Labute approximate surface area is 40.1 Å². The molecule has 0 aliphatic rings. The fourth-order valence-corrected chi connectivity index (χ4v) is 0.102. The van der Waals surface area contributed by atoms with Crippen LogP contribution >= 0.6 is 0 Å². The Morgan fingerprint density at radius 2 is 2.14 bits per heavy atom. The van der Waals surface area contributed by atoms with Crippen LogP contribution < -0.4 is 11.8 Å². The molecule has 4 N–H and O–H groups in total. The summed E-state index contributed by atoms with van der Waals surface area (Å²) < 4.78 is 0. The molecule has 0 amide bonds. The van der Waals surface area contributed by atoms with E-state index in [1.807, 2.05) is 0 Å². The van der Waals surface area contributed by atoms with Crippen molar-refractivity contribution in [2.24, 2.45) is 11.8 Å². The maximum absolute atomic E-state index is 9.86. The van der Waals surface area contributed by atoms with Gasteiger partial charge in [-0.1, -0.05) is 0 Å². The molecule has 0 unspecified atom stereocenters. The Hall–Kier alpha value is -0.650. The van der Waals surface area contributed by atoms with Gasteiger partial charge in [0.15, 0.2) is 6.61 Å². The zero-order chi connectivity index (χ0) is 5.70. The molecular weight excluding hydrogens is 100 g/mol. The van der Waals surface area contributed by atoms with Crippen molar-refractivity contribution in [1.29, 1.82) is 0 Å². The Morgan fingerprint density at radius 3 is 2.29 bits per heavy atom. The van der Waals surface area contributed by atoms with E-state index in [1.54, 1.807) is 0 Å². The number of hydrogen-bond donors (Lipinski definition) is 2. The van der Waals surface area contributed by atoms with E-state index >= 15 is 0 Å². The van der Waals surface area contributed by atoms with E-state index < -0.39 is 5.97 Å². The summed E-state index contributed by atoms with van der Waals surface area (Å²) in [5, 5.41) is 0. The van der Waals surface area contributed by atoms with Crippen LogP contribution in [0.25, 0.3) is 0 Å². The lowest BCUT2D eigenvalue weighted by molar-refractivity contribution is -0.149. The molecule has 42 valence electrons. The van der Waals surface area contributed by atoms with Crippen molar-refractivity contribution >= 4 is 5.97 Å². The summed E-state index contributed by atoms with van der Waals surface area (Å²) >= 11 is 0. The number of carbonyl (C=O) groups excluding carboxylic acids is 1. The number of nitrogens with two attached hydrogens (primary N) is 2. The van der Waals surface area contributed by atoms with Crippen LogP contribution in [0, 0.1) is 0 Å². The van der Waals surface area contributed by atoms with E-state index in [2.05, 4.69) is 21.5 Å².